The lowest BCUT2D eigenvalue weighted by Crippen LogP contribution is -2.22. The van der Waals surface area contributed by atoms with Crippen molar-refractivity contribution in [2.75, 3.05) is 11.9 Å². The molecule has 0 aromatic heterocycles. The van der Waals surface area contributed by atoms with E-state index < -0.39 is 12.1 Å². The van der Waals surface area contributed by atoms with Gasteiger partial charge in [0.25, 0.3) is 0 Å². The van der Waals surface area contributed by atoms with Gasteiger partial charge in [-0.3, -0.25) is 0 Å². The molecule has 0 spiro atoms. The third-order valence-electron chi connectivity index (χ3n) is 4.03. The maximum Gasteiger partial charge on any atom is 0.344 e. The number of fused-ring (bicyclic) bond motifs is 1. The van der Waals surface area contributed by atoms with Crippen LogP contribution in [0.2, 0.25) is 0 Å². The number of rotatable bonds is 4. The molecule has 0 bridgehead atoms. The van der Waals surface area contributed by atoms with Crippen molar-refractivity contribution in [1.29, 1.82) is 0 Å². The van der Waals surface area contributed by atoms with Gasteiger partial charge >= 0.3 is 5.97 Å². The zero-order valence-corrected chi connectivity index (χ0v) is 12.5. The standard InChI is InChI=1S/C18H19NO3/c1-12(18(20)21)22-14-8-6-13(7-9-14)15-10-11-19-17-5-3-2-4-16(15)17/h2-9,12,15,19H,10-11H2,1H3,(H,20,21). The molecule has 0 saturated carbocycles. The first-order valence-electron chi connectivity index (χ1n) is 7.47. The van der Waals surface area contributed by atoms with Gasteiger partial charge in [0.1, 0.15) is 5.75 Å². The van der Waals surface area contributed by atoms with Crippen molar-refractivity contribution in [2.45, 2.75) is 25.4 Å². The molecule has 2 aromatic carbocycles. The lowest BCUT2D eigenvalue weighted by Gasteiger charge is -2.27. The fourth-order valence-electron chi connectivity index (χ4n) is 2.85. The summed E-state index contributed by atoms with van der Waals surface area (Å²) in [5.41, 5.74) is 3.73. The van der Waals surface area contributed by atoms with Crippen molar-refractivity contribution in [1.82, 2.24) is 0 Å². The SMILES string of the molecule is CC(Oc1ccc(C2CCNc3ccccc32)cc1)C(=O)O. The summed E-state index contributed by atoms with van der Waals surface area (Å²) in [6.45, 7) is 2.48. The van der Waals surface area contributed by atoms with Gasteiger partial charge in [0.05, 0.1) is 0 Å². The maximum atomic E-state index is 10.8. The predicted octanol–water partition coefficient (Wildman–Crippen LogP) is 3.49. The molecular formula is C18H19NO3. The Labute approximate surface area is 129 Å². The summed E-state index contributed by atoms with van der Waals surface area (Å²) >= 11 is 0. The molecule has 4 heteroatoms. The van der Waals surface area contributed by atoms with Crippen molar-refractivity contribution >= 4 is 11.7 Å². The summed E-state index contributed by atoms with van der Waals surface area (Å²) in [4.78, 5) is 10.8. The number of benzene rings is 2. The molecule has 2 aromatic rings. The van der Waals surface area contributed by atoms with Gasteiger partial charge in [0.15, 0.2) is 6.10 Å². The van der Waals surface area contributed by atoms with E-state index in [9.17, 15) is 4.79 Å². The van der Waals surface area contributed by atoms with Crippen LogP contribution in [0.25, 0.3) is 0 Å². The van der Waals surface area contributed by atoms with Gasteiger partial charge in [-0.2, -0.15) is 0 Å². The number of aliphatic carboxylic acids is 1. The molecule has 2 N–H and O–H groups in total. The van der Waals surface area contributed by atoms with Crippen LogP contribution in [-0.2, 0) is 4.79 Å². The molecule has 1 heterocycles. The number of carboxylic acids is 1. The predicted molar refractivity (Wildman–Crippen MR) is 85.6 cm³/mol. The van der Waals surface area contributed by atoms with Crippen LogP contribution in [0.4, 0.5) is 5.69 Å². The molecule has 0 aliphatic carbocycles. The van der Waals surface area contributed by atoms with Gasteiger partial charge in [-0.15, -0.1) is 0 Å². The summed E-state index contributed by atoms with van der Waals surface area (Å²) in [6, 6.07) is 16.1. The van der Waals surface area contributed by atoms with Gasteiger partial charge in [-0.1, -0.05) is 30.3 Å². The first kappa shape index (κ1) is 14.4. The molecule has 1 aliphatic heterocycles. The van der Waals surface area contributed by atoms with Crippen molar-refractivity contribution < 1.29 is 14.6 Å². The molecule has 2 atom stereocenters. The normalized spacial score (nSPS) is 18.0. The number of ether oxygens (including phenoxy) is 1. The molecule has 114 valence electrons. The summed E-state index contributed by atoms with van der Waals surface area (Å²) in [5.74, 6) is -0.0133. The van der Waals surface area contributed by atoms with Crippen LogP contribution in [0.1, 0.15) is 30.4 Å². The summed E-state index contributed by atoms with van der Waals surface area (Å²) in [7, 11) is 0. The van der Waals surface area contributed by atoms with Gasteiger partial charge in [0, 0.05) is 18.2 Å². The topological polar surface area (TPSA) is 58.6 Å². The van der Waals surface area contributed by atoms with E-state index in [1.807, 2.05) is 30.3 Å². The van der Waals surface area contributed by atoms with E-state index in [4.69, 9.17) is 9.84 Å². The fraction of sp³-hybridized carbons (Fsp3) is 0.278. The Bertz CT molecular complexity index is 666. The number of para-hydroxylation sites is 1. The van der Waals surface area contributed by atoms with Gasteiger partial charge in [-0.05, 0) is 42.7 Å². The maximum absolute atomic E-state index is 10.8. The Kier molecular flexibility index (Phi) is 4.00. The Morgan fingerprint density at radius 2 is 1.95 bits per heavy atom. The van der Waals surface area contributed by atoms with Crippen LogP contribution in [0.15, 0.2) is 48.5 Å². The molecule has 22 heavy (non-hydrogen) atoms. The van der Waals surface area contributed by atoms with E-state index in [0.717, 1.165) is 13.0 Å². The Hall–Kier alpha value is -2.49. The van der Waals surface area contributed by atoms with Crippen molar-refractivity contribution in [2.24, 2.45) is 0 Å². The zero-order chi connectivity index (χ0) is 15.5. The second kappa shape index (κ2) is 6.10. The molecule has 1 aliphatic rings. The fourth-order valence-corrected chi connectivity index (χ4v) is 2.85. The molecule has 0 saturated heterocycles. The average Bonchev–Trinajstić information content (AvgIpc) is 2.55. The zero-order valence-electron chi connectivity index (χ0n) is 12.5. The second-order valence-electron chi connectivity index (χ2n) is 5.52. The summed E-state index contributed by atoms with van der Waals surface area (Å²) in [5, 5.41) is 12.3. The van der Waals surface area contributed by atoms with Crippen LogP contribution < -0.4 is 10.1 Å². The summed E-state index contributed by atoms with van der Waals surface area (Å²) < 4.78 is 5.38. The minimum absolute atomic E-state index is 0.364. The van der Waals surface area contributed by atoms with Crippen LogP contribution in [0, 0.1) is 0 Å². The first-order valence-corrected chi connectivity index (χ1v) is 7.47. The van der Waals surface area contributed by atoms with E-state index in [0.29, 0.717) is 11.7 Å². The molecule has 0 amide bonds. The monoisotopic (exact) mass is 297 g/mol. The summed E-state index contributed by atoms with van der Waals surface area (Å²) in [6.07, 6.45) is 0.202. The van der Waals surface area contributed by atoms with Crippen molar-refractivity contribution in [3.8, 4) is 5.75 Å². The number of nitrogens with one attached hydrogen (secondary N) is 1. The Morgan fingerprint density at radius 3 is 2.68 bits per heavy atom. The molecule has 0 fully saturated rings. The third-order valence-corrected chi connectivity index (χ3v) is 4.03. The quantitative estimate of drug-likeness (QED) is 0.907. The molecule has 4 nitrogen and oxygen atoms in total. The van der Waals surface area contributed by atoms with Crippen LogP contribution in [0.5, 0.6) is 5.75 Å². The number of hydrogen-bond donors (Lipinski definition) is 2. The first-order chi connectivity index (χ1) is 10.6. The van der Waals surface area contributed by atoms with Gasteiger partial charge in [-0.25, -0.2) is 4.79 Å². The molecule has 2 unspecified atom stereocenters. The minimum Gasteiger partial charge on any atom is -0.479 e. The lowest BCUT2D eigenvalue weighted by molar-refractivity contribution is -0.144. The lowest BCUT2D eigenvalue weighted by atomic mass is 9.85. The highest BCUT2D eigenvalue weighted by molar-refractivity contribution is 5.72. The third kappa shape index (κ3) is 2.91. The molecular weight excluding hydrogens is 278 g/mol. The highest BCUT2D eigenvalue weighted by Crippen LogP contribution is 2.36. The average molecular weight is 297 g/mol. The molecule has 0 radical (unpaired) electrons. The largest absolute Gasteiger partial charge is 0.479 e. The Balaban J connectivity index is 1.81. The minimum atomic E-state index is -0.962. The van der Waals surface area contributed by atoms with E-state index in [2.05, 4.69) is 23.5 Å². The van der Waals surface area contributed by atoms with Crippen LogP contribution in [-0.4, -0.2) is 23.7 Å². The highest BCUT2D eigenvalue weighted by atomic mass is 16.5. The van der Waals surface area contributed by atoms with Crippen LogP contribution in [0.3, 0.4) is 0 Å². The number of carboxylic acid groups (broad SMARTS) is 1. The van der Waals surface area contributed by atoms with Crippen molar-refractivity contribution in [3.05, 3.63) is 59.7 Å². The van der Waals surface area contributed by atoms with Gasteiger partial charge in [0.2, 0.25) is 0 Å². The van der Waals surface area contributed by atoms with E-state index in [1.165, 1.54) is 23.7 Å². The molecule has 3 rings (SSSR count). The second-order valence-corrected chi connectivity index (χ2v) is 5.52. The van der Waals surface area contributed by atoms with E-state index in [-0.39, 0.29) is 0 Å². The van der Waals surface area contributed by atoms with E-state index in [1.54, 1.807) is 0 Å². The number of anilines is 1. The Morgan fingerprint density at radius 1 is 1.23 bits per heavy atom. The van der Waals surface area contributed by atoms with Crippen LogP contribution >= 0.6 is 0 Å². The van der Waals surface area contributed by atoms with Gasteiger partial charge < -0.3 is 15.2 Å². The number of carbonyl (C=O) groups is 1. The van der Waals surface area contributed by atoms with Crippen molar-refractivity contribution in [3.63, 3.8) is 0 Å². The highest BCUT2D eigenvalue weighted by Gasteiger charge is 2.21. The van der Waals surface area contributed by atoms with E-state index >= 15 is 0 Å². The number of hydrogen-bond acceptors (Lipinski definition) is 3. The smallest absolute Gasteiger partial charge is 0.344 e.